The summed E-state index contributed by atoms with van der Waals surface area (Å²) in [6.07, 6.45) is 0. The zero-order valence-corrected chi connectivity index (χ0v) is 11.5. The van der Waals surface area contributed by atoms with Crippen LogP contribution >= 0.6 is 0 Å². The topological polar surface area (TPSA) is 98.3 Å². The van der Waals surface area contributed by atoms with Crippen LogP contribution in [0, 0.1) is 17.0 Å². The van der Waals surface area contributed by atoms with Gasteiger partial charge in [-0.25, -0.2) is 0 Å². The van der Waals surface area contributed by atoms with Crippen molar-refractivity contribution in [1.29, 1.82) is 0 Å². The summed E-state index contributed by atoms with van der Waals surface area (Å²) in [5, 5.41) is 13.5. The number of anilines is 1. The van der Waals surface area contributed by atoms with Crippen LogP contribution in [0.5, 0.6) is 0 Å². The van der Waals surface area contributed by atoms with Gasteiger partial charge in [0.2, 0.25) is 0 Å². The van der Waals surface area contributed by atoms with Crippen LogP contribution in [0.2, 0.25) is 0 Å². The number of rotatable bonds is 4. The zero-order chi connectivity index (χ0) is 15.4. The van der Waals surface area contributed by atoms with Crippen molar-refractivity contribution in [3.63, 3.8) is 0 Å². The number of hydrogen-bond donors (Lipinski definition) is 2. The Labute approximate surface area is 121 Å². The fourth-order valence-electron chi connectivity index (χ4n) is 1.98. The van der Waals surface area contributed by atoms with Gasteiger partial charge in [-0.3, -0.25) is 14.9 Å². The molecule has 2 aromatic carbocycles. The van der Waals surface area contributed by atoms with Gasteiger partial charge in [-0.2, -0.15) is 0 Å². The monoisotopic (exact) mass is 285 g/mol. The Morgan fingerprint density at radius 3 is 2.71 bits per heavy atom. The lowest BCUT2D eigenvalue weighted by molar-refractivity contribution is -0.384. The van der Waals surface area contributed by atoms with Crippen molar-refractivity contribution in [1.82, 2.24) is 0 Å². The smallest absolute Gasteiger partial charge is 0.270 e. The van der Waals surface area contributed by atoms with E-state index in [4.69, 9.17) is 5.73 Å². The summed E-state index contributed by atoms with van der Waals surface area (Å²) >= 11 is 0. The van der Waals surface area contributed by atoms with E-state index < -0.39 is 10.8 Å². The second-order valence-electron chi connectivity index (χ2n) is 4.67. The fourth-order valence-corrected chi connectivity index (χ4v) is 1.98. The van der Waals surface area contributed by atoms with Crippen molar-refractivity contribution in [2.24, 2.45) is 5.73 Å². The Morgan fingerprint density at radius 2 is 2.05 bits per heavy atom. The average molecular weight is 285 g/mol. The summed E-state index contributed by atoms with van der Waals surface area (Å²) in [6, 6.07) is 11.4. The van der Waals surface area contributed by atoms with Crippen molar-refractivity contribution in [2.75, 3.05) is 5.32 Å². The molecule has 0 spiro atoms. The maximum absolute atomic E-state index is 12.2. The van der Waals surface area contributed by atoms with E-state index in [9.17, 15) is 14.9 Å². The molecule has 21 heavy (non-hydrogen) atoms. The van der Waals surface area contributed by atoms with Crippen LogP contribution in [0.4, 0.5) is 11.4 Å². The van der Waals surface area contributed by atoms with Crippen molar-refractivity contribution in [3.05, 3.63) is 69.3 Å². The summed E-state index contributed by atoms with van der Waals surface area (Å²) in [6.45, 7) is 2.08. The maximum atomic E-state index is 12.2. The number of nitro groups is 1. The van der Waals surface area contributed by atoms with E-state index >= 15 is 0 Å². The number of amides is 1. The van der Waals surface area contributed by atoms with E-state index in [-0.39, 0.29) is 11.3 Å². The first-order chi connectivity index (χ1) is 9.99. The Hall–Kier alpha value is -2.73. The summed E-state index contributed by atoms with van der Waals surface area (Å²) in [7, 11) is 0. The number of nitrogens with one attached hydrogen (secondary N) is 1. The molecule has 0 atom stereocenters. The molecule has 0 aromatic heterocycles. The molecule has 3 N–H and O–H groups in total. The predicted octanol–water partition coefficient (Wildman–Crippen LogP) is 2.61. The number of benzene rings is 2. The molecule has 0 aliphatic carbocycles. The highest BCUT2D eigenvalue weighted by Gasteiger charge is 2.13. The minimum atomic E-state index is -0.515. The molecule has 0 saturated heterocycles. The molecule has 0 fully saturated rings. The number of nitro benzene ring substituents is 1. The van der Waals surface area contributed by atoms with Gasteiger partial charge in [0.1, 0.15) is 0 Å². The molecule has 0 heterocycles. The molecule has 108 valence electrons. The van der Waals surface area contributed by atoms with Gasteiger partial charge >= 0.3 is 0 Å². The molecule has 0 aliphatic rings. The number of aryl methyl sites for hydroxylation is 1. The standard InChI is InChI=1S/C15H15N3O3/c1-10-5-12(8-14(6-10)18(20)21)15(19)17-13-4-2-3-11(7-13)9-16/h2-8H,9,16H2,1H3,(H,17,19). The second-order valence-corrected chi connectivity index (χ2v) is 4.67. The third-order valence-corrected chi connectivity index (χ3v) is 2.96. The van der Waals surface area contributed by atoms with Gasteiger partial charge in [-0.15, -0.1) is 0 Å². The highest BCUT2D eigenvalue weighted by atomic mass is 16.6. The van der Waals surface area contributed by atoms with Gasteiger partial charge in [0.25, 0.3) is 11.6 Å². The van der Waals surface area contributed by atoms with Gasteiger partial charge in [-0.1, -0.05) is 12.1 Å². The van der Waals surface area contributed by atoms with Crippen LogP contribution < -0.4 is 11.1 Å². The molecule has 0 radical (unpaired) electrons. The Kier molecular flexibility index (Phi) is 4.30. The fraction of sp³-hybridized carbons (Fsp3) is 0.133. The van der Waals surface area contributed by atoms with Crippen LogP contribution in [0.25, 0.3) is 0 Å². The predicted molar refractivity (Wildman–Crippen MR) is 80.1 cm³/mol. The number of carbonyl (C=O) groups is 1. The molecule has 6 heteroatoms. The highest BCUT2D eigenvalue weighted by Crippen LogP contribution is 2.18. The molecule has 0 bridgehead atoms. The van der Waals surface area contributed by atoms with Gasteiger partial charge in [0.15, 0.2) is 0 Å². The Balaban J connectivity index is 2.25. The van der Waals surface area contributed by atoms with Crippen molar-refractivity contribution < 1.29 is 9.72 Å². The summed E-state index contributed by atoms with van der Waals surface area (Å²) in [4.78, 5) is 22.5. The summed E-state index contributed by atoms with van der Waals surface area (Å²) in [5.74, 6) is -0.393. The molecule has 0 aliphatic heterocycles. The quantitative estimate of drug-likeness (QED) is 0.666. The Bertz CT molecular complexity index is 698. The first-order valence-electron chi connectivity index (χ1n) is 6.36. The Morgan fingerprint density at radius 1 is 1.29 bits per heavy atom. The molecule has 0 saturated carbocycles. The van der Waals surface area contributed by atoms with E-state index in [2.05, 4.69) is 5.32 Å². The average Bonchev–Trinajstić information content (AvgIpc) is 2.46. The SMILES string of the molecule is Cc1cc(C(=O)Nc2cccc(CN)c2)cc([N+](=O)[O-])c1. The van der Waals surface area contributed by atoms with E-state index in [1.165, 1.54) is 12.1 Å². The van der Waals surface area contributed by atoms with Crippen LogP contribution in [-0.2, 0) is 6.54 Å². The molecular weight excluding hydrogens is 270 g/mol. The molecular formula is C15H15N3O3. The van der Waals surface area contributed by atoms with Crippen LogP contribution in [-0.4, -0.2) is 10.8 Å². The largest absolute Gasteiger partial charge is 0.326 e. The van der Waals surface area contributed by atoms with Crippen LogP contribution in [0.3, 0.4) is 0 Å². The zero-order valence-electron chi connectivity index (χ0n) is 11.5. The number of carbonyl (C=O) groups excluding carboxylic acids is 1. The van der Waals surface area contributed by atoms with Crippen molar-refractivity contribution in [3.8, 4) is 0 Å². The molecule has 1 amide bonds. The van der Waals surface area contributed by atoms with E-state index in [0.29, 0.717) is 17.8 Å². The third-order valence-electron chi connectivity index (χ3n) is 2.96. The first-order valence-corrected chi connectivity index (χ1v) is 6.36. The van der Waals surface area contributed by atoms with E-state index in [0.717, 1.165) is 5.56 Å². The molecule has 2 rings (SSSR count). The minimum absolute atomic E-state index is 0.101. The van der Waals surface area contributed by atoms with Gasteiger partial charge in [0, 0.05) is 29.9 Å². The van der Waals surface area contributed by atoms with Crippen LogP contribution in [0.1, 0.15) is 21.5 Å². The lowest BCUT2D eigenvalue weighted by atomic mass is 10.1. The number of hydrogen-bond acceptors (Lipinski definition) is 4. The first kappa shape index (κ1) is 14.7. The lowest BCUT2D eigenvalue weighted by Gasteiger charge is -2.07. The van der Waals surface area contributed by atoms with Gasteiger partial charge in [0.05, 0.1) is 4.92 Å². The van der Waals surface area contributed by atoms with Gasteiger partial charge < -0.3 is 11.1 Å². The second kappa shape index (κ2) is 6.15. The van der Waals surface area contributed by atoms with Crippen molar-refractivity contribution in [2.45, 2.75) is 13.5 Å². The number of nitrogens with zero attached hydrogens (tertiary/aromatic N) is 1. The molecule has 2 aromatic rings. The summed E-state index contributed by atoms with van der Waals surface area (Å²) in [5.41, 5.74) is 7.85. The maximum Gasteiger partial charge on any atom is 0.270 e. The van der Waals surface area contributed by atoms with Crippen LogP contribution in [0.15, 0.2) is 42.5 Å². The third kappa shape index (κ3) is 3.64. The van der Waals surface area contributed by atoms with Crippen molar-refractivity contribution >= 4 is 17.3 Å². The minimum Gasteiger partial charge on any atom is -0.326 e. The van der Waals surface area contributed by atoms with Gasteiger partial charge in [-0.05, 0) is 36.2 Å². The molecule has 0 unspecified atom stereocenters. The highest BCUT2D eigenvalue weighted by molar-refractivity contribution is 6.04. The summed E-state index contributed by atoms with van der Waals surface area (Å²) < 4.78 is 0. The number of non-ortho nitro benzene ring substituents is 1. The van der Waals surface area contributed by atoms with E-state index in [1.54, 1.807) is 31.2 Å². The molecule has 6 nitrogen and oxygen atoms in total. The number of nitrogens with two attached hydrogens (primary N) is 1. The lowest BCUT2D eigenvalue weighted by Crippen LogP contribution is -2.13. The normalized spacial score (nSPS) is 10.2. The van der Waals surface area contributed by atoms with E-state index in [1.807, 2.05) is 6.07 Å².